The van der Waals surface area contributed by atoms with Crippen LogP contribution < -0.4 is 9.47 Å². The van der Waals surface area contributed by atoms with Gasteiger partial charge in [0.2, 0.25) is 0 Å². The van der Waals surface area contributed by atoms with Crippen LogP contribution in [0.15, 0.2) is 6.07 Å². The van der Waals surface area contributed by atoms with Crippen molar-refractivity contribution in [1.82, 2.24) is 0 Å². The van der Waals surface area contributed by atoms with Gasteiger partial charge in [-0.2, -0.15) is 0 Å². The summed E-state index contributed by atoms with van der Waals surface area (Å²) < 4.78 is 12.8. The van der Waals surface area contributed by atoms with Gasteiger partial charge in [0.25, 0.3) is 0 Å². The standard InChI is InChI=1S/C23H34O3/c1-4-5-6-8-15-13-20-21(22-17(15)9-7-12-25-22)18-14-16(24)10-11-19(18)23(2,3)26-20/h13,16,18-19,24H,4-12,14H2,1-3H3/t16-,18?,19-/m1/s1. The summed E-state index contributed by atoms with van der Waals surface area (Å²) in [6.07, 6.45) is 9.67. The first kappa shape index (κ1) is 18.2. The van der Waals surface area contributed by atoms with Gasteiger partial charge in [-0.25, -0.2) is 0 Å². The van der Waals surface area contributed by atoms with E-state index in [0.29, 0.717) is 11.8 Å². The fourth-order valence-corrected chi connectivity index (χ4v) is 5.49. The third-order valence-electron chi connectivity index (χ3n) is 6.80. The summed E-state index contributed by atoms with van der Waals surface area (Å²) >= 11 is 0. The lowest BCUT2D eigenvalue weighted by molar-refractivity contribution is -0.0321. The van der Waals surface area contributed by atoms with E-state index in [1.165, 1.54) is 36.0 Å². The number of ether oxygens (including phenoxy) is 2. The van der Waals surface area contributed by atoms with Gasteiger partial charge in [-0.15, -0.1) is 0 Å². The Morgan fingerprint density at radius 3 is 2.88 bits per heavy atom. The molecule has 4 rings (SSSR count). The minimum Gasteiger partial charge on any atom is -0.493 e. The second-order valence-electron chi connectivity index (χ2n) is 9.05. The maximum Gasteiger partial charge on any atom is 0.129 e. The van der Waals surface area contributed by atoms with Crippen LogP contribution in [-0.4, -0.2) is 23.4 Å². The Morgan fingerprint density at radius 2 is 2.08 bits per heavy atom. The van der Waals surface area contributed by atoms with E-state index < -0.39 is 0 Å². The number of rotatable bonds is 4. The average molecular weight is 359 g/mol. The van der Waals surface area contributed by atoms with E-state index in [-0.39, 0.29) is 11.7 Å². The molecule has 26 heavy (non-hydrogen) atoms. The Labute approximate surface area is 158 Å². The molecule has 0 bridgehead atoms. The zero-order valence-corrected chi connectivity index (χ0v) is 16.6. The van der Waals surface area contributed by atoms with Gasteiger partial charge in [0.1, 0.15) is 17.1 Å². The van der Waals surface area contributed by atoms with Crippen LogP contribution in [0.25, 0.3) is 0 Å². The van der Waals surface area contributed by atoms with E-state index in [1.54, 1.807) is 0 Å². The molecule has 1 aliphatic carbocycles. The molecule has 3 heteroatoms. The van der Waals surface area contributed by atoms with Crippen LogP contribution in [0.3, 0.4) is 0 Å². The Bertz CT molecular complexity index is 664. The van der Waals surface area contributed by atoms with Crippen molar-refractivity contribution in [2.75, 3.05) is 6.61 Å². The van der Waals surface area contributed by atoms with Gasteiger partial charge < -0.3 is 14.6 Å². The second-order valence-corrected chi connectivity index (χ2v) is 9.05. The zero-order valence-electron chi connectivity index (χ0n) is 16.6. The van der Waals surface area contributed by atoms with Crippen molar-refractivity contribution in [2.24, 2.45) is 5.92 Å². The van der Waals surface area contributed by atoms with Crippen molar-refractivity contribution in [3.63, 3.8) is 0 Å². The van der Waals surface area contributed by atoms with Gasteiger partial charge in [0, 0.05) is 17.4 Å². The lowest BCUT2D eigenvalue weighted by atomic mass is 9.65. The van der Waals surface area contributed by atoms with Crippen molar-refractivity contribution in [1.29, 1.82) is 0 Å². The number of hydrogen-bond donors (Lipinski definition) is 1. The van der Waals surface area contributed by atoms with Crippen LogP contribution in [0.5, 0.6) is 11.5 Å². The van der Waals surface area contributed by atoms with Crippen molar-refractivity contribution < 1.29 is 14.6 Å². The first-order valence-corrected chi connectivity index (χ1v) is 10.7. The zero-order chi connectivity index (χ0) is 18.3. The topological polar surface area (TPSA) is 38.7 Å². The molecule has 0 amide bonds. The molecule has 1 aromatic rings. The number of fused-ring (bicyclic) bond motifs is 5. The normalized spacial score (nSPS) is 29.0. The van der Waals surface area contributed by atoms with Crippen molar-refractivity contribution in [2.45, 2.75) is 96.2 Å². The molecule has 0 saturated heterocycles. The molecule has 3 atom stereocenters. The molecule has 1 fully saturated rings. The summed E-state index contributed by atoms with van der Waals surface area (Å²) in [5.41, 5.74) is 3.94. The van der Waals surface area contributed by atoms with Crippen LogP contribution in [0.2, 0.25) is 0 Å². The molecule has 2 aliphatic heterocycles. The maximum atomic E-state index is 10.4. The number of aryl methyl sites for hydroxylation is 1. The summed E-state index contributed by atoms with van der Waals surface area (Å²) in [7, 11) is 0. The highest BCUT2D eigenvalue weighted by atomic mass is 16.5. The third kappa shape index (κ3) is 3.13. The number of benzene rings is 1. The van der Waals surface area contributed by atoms with Crippen LogP contribution in [0.4, 0.5) is 0 Å². The van der Waals surface area contributed by atoms with Crippen molar-refractivity contribution >= 4 is 0 Å². The van der Waals surface area contributed by atoms with Gasteiger partial charge in [-0.3, -0.25) is 0 Å². The first-order valence-electron chi connectivity index (χ1n) is 10.7. The molecule has 0 spiro atoms. The van der Waals surface area contributed by atoms with Gasteiger partial charge >= 0.3 is 0 Å². The molecular weight excluding hydrogens is 324 g/mol. The summed E-state index contributed by atoms with van der Waals surface area (Å²) in [6, 6.07) is 2.32. The van der Waals surface area contributed by atoms with Gasteiger partial charge in [0.15, 0.2) is 0 Å². The first-order chi connectivity index (χ1) is 12.5. The Hall–Kier alpha value is -1.22. The molecule has 144 valence electrons. The summed E-state index contributed by atoms with van der Waals surface area (Å²) in [5, 5.41) is 10.4. The maximum absolute atomic E-state index is 10.4. The third-order valence-corrected chi connectivity index (χ3v) is 6.80. The second kappa shape index (κ2) is 7.07. The van der Waals surface area contributed by atoms with E-state index in [0.717, 1.165) is 56.6 Å². The van der Waals surface area contributed by atoms with Crippen LogP contribution >= 0.6 is 0 Å². The van der Waals surface area contributed by atoms with E-state index in [9.17, 15) is 5.11 Å². The van der Waals surface area contributed by atoms with Crippen LogP contribution in [0, 0.1) is 5.92 Å². The lowest BCUT2D eigenvalue weighted by Crippen LogP contribution is -2.47. The fraction of sp³-hybridized carbons (Fsp3) is 0.739. The van der Waals surface area contributed by atoms with Gasteiger partial charge in [-0.05, 0) is 76.0 Å². The number of hydrogen-bond acceptors (Lipinski definition) is 3. The predicted octanol–water partition coefficient (Wildman–Crippen LogP) is 5.16. The van der Waals surface area contributed by atoms with Crippen molar-refractivity contribution in [3.8, 4) is 11.5 Å². The van der Waals surface area contributed by atoms with E-state index in [4.69, 9.17) is 9.47 Å². The largest absolute Gasteiger partial charge is 0.493 e. The quantitative estimate of drug-likeness (QED) is 0.756. The SMILES string of the molecule is CCCCCc1cc2c(c3c1CCCO3)C1C[C@H](O)CC[C@H]1C(C)(C)O2. The summed E-state index contributed by atoms with van der Waals surface area (Å²) in [6.45, 7) is 7.51. The smallest absolute Gasteiger partial charge is 0.129 e. The highest BCUT2D eigenvalue weighted by molar-refractivity contribution is 5.58. The highest BCUT2D eigenvalue weighted by Gasteiger charge is 2.48. The molecule has 2 heterocycles. The average Bonchev–Trinajstić information content (AvgIpc) is 2.61. The number of aliphatic hydroxyl groups excluding tert-OH is 1. The molecule has 3 aliphatic rings. The van der Waals surface area contributed by atoms with Crippen LogP contribution in [-0.2, 0) is 12.8 Å². The Balaban J connectivity index is 1.79. The van der Waals surface area contributed by atoms with Crippen molar-refractivity contribution in [3.05, 3.63) is 22.8 Å². The molecule has 1 saturated carbocycles. The highest BCUT2D eigenvalue weighted by Crippen LogP contribution is 2.56. The predicted molar refractivity (Wildman–Crippen MR) is 104 cm³/mol. The molecule has 1 unspecified atom stereocenters. The fourth-order valence-electron chi connectivity index (χ4n) is 5.49. The molecule has 3 nitrogen and oxygen atoms in total. The lowest BCUT2D eigenvalue weighted by Gasteiger charge is -2.49. The summed E-state index contributed by atoms with van der Waals surface area (Å²) in [4.78, 5) is 0. The Morgan fingerprint density at radius 1 is 1.23 bits per heavy atom. The minimum absolute atomic E-state index is 0.179. The molecular formula is C23H34O3. The Kier molecular flexibility index (Phi) is 4.94. The summed E-state index contributed by atoms with van der Waals surface area (Å²) in [5.74, 6) is 2.95. The van der Waals surface area contributed by atoms with Gasteiger partial charge in [-0.1, -0.05) is 19.8 Å². The minimum atomic E-state index is -0.193. The molecule has 1 aromatic carbocycles. The van der Waals surface area contributed by atoms with Gasteiger partial charge in [0.05, 0.1) is 12.7 Å². The molecule has 0 aromatic heterocycles. The van der Waals surface area contributed by atoms with Crippen LogP contribution in [0.1, 0.15) is 88.3 Å². The molecule has 1 N–H and O–H groups in total. The molecule has 0 radical (unpaired) electrons. The van der Waals surface area contributed by atoms with E-state index in [2.05, 4.69) is 26.8 Å². The van der Waals surface area contributed by atoms with E-state index in [1.807, 2.05) is 0 Å². The number of aliphatic hydroxyl groups is 1. The monoisotopic (exact) mass is 358 g/mol. The number of unbranched alkanes of at least 4 members (excludes halogenated alkanes) is 2. The van der Waals surface area contributed by atoms with E-state index >= 15 is 0 Å².